The molecule has 0 spiro atoms. The van der Waals surface area contributed by atoms with E-state index in [1.165, 1.54) is 23.5 Å². The highest BCUT2D eigenvalue weighted by Gasteiger charge is 2.11. The lowest BCUT2D eigenvalue weighted by atomic mass is 10.2. The maximum Gasteiger partial charge on any atom is 0.265 e. The molecule has 0 fully saturated rings. The third kappa shape index (κ3) is 2.91. The van der Waals surface area contributed by atoms with Crippen LogP contribution in [0.25, 0.3) is 10.1 Å². The molecule has 3 aromatic rings. The Morgan fingerprint density at radius 1 is 1.19 bits per heavy atom. The number of halogens is 2. The number of benzene rings is 2. The van der Waals surface area contributed by atoms with Crippen LogP contribution in [0.5, 0.6) is 0 Å². The van der Waals surface area contributed by atoms with Crippen molar-refractivity contribution in [3.05, 3.63) is 57.6 Å². The third-order valence-electron chi connectivity index (χ3n) is 2.96. The van der Waals surface area contributed by atoms with E-state index in [-0.39, 0.29) is 11.7 Å². The van der Waals surface area contributed by atoms with Gasteiger partial charge in [-0.05, 0) is 57.7 Å². The van der Waals surface area contributed by atoms with Crippen LogP contribution in [-0.4, -0.2) is 5.91 Å². The zero-order valence-electron chi connectivity index (χ0n) is 10.7. The smallest absolute Gasteiger partial charge is 0.265 e. The second-order valence-electron chi connectivity index (χ2n) is 4.48. The Morgan fingerprint density at radius 3 is 2.76 bits per heavy atom. The molecule has 0 radical (unpaired) electrons. The fourth-order valence-corrected chi connectivity index (χ4v) is 3.16. The van der Waals surface area contributed by atoms with Crippen LogP contribution in [0, 0.1) is 5.82 Å². The van der Waals surface area contributed by atoms with Crippen molar-refractivity contribution >= 4 is 54.6 Å². The first kappa shape index (κ1) is 14.0. The fourth-order valence-electron chi connectivity index (χ4n) is 1.93. The first-order chi connectivity index (χ1) is 10.0. The Hall–Kier alpha value is -1.92. The van der Waals surface area contributed by atoms with E-state index < -0.39 is 0 Å². The first-order valence-corrected chi connectivity index (χ1v) is 7.69. The SMILES string of the molecule is Nc1cc(NC(=O)c2cc3ccc(F)cc3s2)ccc1Br. The number of rotatable bonds is 2. The summed E-state index contributed by atoms with van der Waals surface area (Å²) in [6.07, 6.45) is 0. The summed E-state index contributed by atoms with van der Waals surface area (Å²) in [5, 5.41) is 3.63. The zero-order valence-corrected chi connectivity index (χ0v) is 13.1. The topological polar surface area (TPSA) is 55.1 Å². The summed E-state index contributed by atoms with van der Waals surface area (Å²) in [5.41, 5.74) is 6.94. The van der Waals surface area contributed by atoms with Gasteiger partial charge < -0.3 is 11.1 Å². The molecule has 3 N–H and O–H groups in total. The quantitative estimate of drug-likeness (QED) is 0.650. The van der Waals surface area contributed by atoms with E-state index in [9.17, 15) is 9.18 Å². The Balaban J connectivity index is 1.87. The molecule has 0 saturated carbocycles. The Morgan fingerprint density at radius 2 is 2.00 bits per heavy atom. The molecule has 21 heavy (non-hydrogen) atoms. The lowest BCUT2D eigenvalue weighted by Gasteiger charge is -2.05. The predicted octanol–water partition coefficient (Wildman–Crippen LogP) is 4.64. The second kappa shape index (κ2) is 5.46. The molecule has 0 aliphatic rings. The molecule has 3 rings (SSSR count). The minimum atomic E-state index is -0.308. The summed E-state index contributed by atoms with van der Waals surface area (Å²) in [6.45, 7) is 0. The van der Waals surface area contributed by atoms with Crippen molar-refractivity contribution in [3.63, 3.8) is 0 Å². The van der Waals surface area contributed by atoms with Crippen molar-refractivity contribution < 1.29 is 9.18 Å². The molecular weight excluding hydrogens is 355 g/mol. The van der Waals surface area contributed by atoms with Crippen molar-refractivity contribution in [1.82, 2.24) is 0 Å². The molecular formula is C15H10BrFN2OS. The minimum absolute atomic E-state index is 0.238. The molecule has 3 nitrogen and oxygen atoms in total. The number of hydrogen-bond acceptors (Lipinski definition) is 3. The van der Waals surface area contributed by atoms with Gasteiger partial charge in [0.25, 0.3) is 5.91 Å². The number of fused-ring (bicyclic) bond motifs is 1. The Bertz CT molecular complexity index is 847. The molecule has 0 atom stereocenters. The Kier molecular flexibility index (Phi) is 3.65. The molecule has 0 saturated heterocycles. The lowest BCUT2D eigenvalue weighted by molar-refractivity contribution is 0.103. The molecule has 0 bridgehead atoms. The summed E-state index contributed by atoms with van der Waals surface area (Å²) >= 11 is 4.55. The van der Waals surface area contributed by atoms with Crippen LogP contribution >= 0.6 is 27.3 Å². The predicted molar refractivity (Wildman–Crippen MR) is 88.3 cm³/mol. The summed E-state index contributed by atoms with van der Waals surface area (Å²) in [5.74, 6) is -0.546. The molecule has 1 aromatic heterocycles. The summed E-state index contributed by atoms with van der Waals surface area (Å²) < 4.78 is 14.7. The molecule has 6 heteroatoms. The zero-order chi connectivity index (χ0) is 15.0. The minimum Gasteiger partial charge on any atom is -0.398 e. The summed E-state index contributed by atoms with van der Waals surface area (Å²) in [7, 11) is 0. The van der Waals surface area contributed by atoms with Gasteiger partial charge in [0.05, 0.1) is 4.88 Å². The third-order valence-corrected chi connectivity index (χ3v) is 4.78. The highest BCUT2D eigenvalue weighted by molar-refractivity contribution is 9.10. The summed E-state index contributed by atoms with van der Waals surface area (Å²) in [6, 6.07) is 11.4. The number of carbonyl (C=O) groups excluding carboxylic acids is 1. The number of carbonyl (C=O) groups is 1. The average molecular weight is 365 g/mol. The number of amides is 1. The highest BCUT2D eigenvalue weighted by Crippen LogP contribution is 2.28. The first-order valence-electron chi connectivity index (χ1n) is 6.08. The number of nitrogens with one attached hydrogen (secondary N) is 1. The van der Waals surface area contributed by atoms with E-state index in [2.05, 4.69) is 21.2 Å². The number of hydrogen-bond donors (Lipinski definition) is 2. The lowest BCUT2D eigenvalue weighted by Crippen LogP contribution is -2.10. The number of thiophene rings is 1. The van der Waals surface area contributed by atoms with Gasteiger partial charge in [0.15, 0.2) is 0 Å². The van der Waals surface area contributed by atoms with E-state index in [0.717, 1.165) is 14.6 Å². The van der Waals surface area contributed by atoms with Crippen LogP contribution in [0.3, 0.4) is 0 Å². The van der Waals surface area contributed by atoms with Crippen LogP contribution in [0.15, 0.2) is 46.9 Å². The molecule has 106 valence electrons. The number of nitrogen functional groups attached to an aromatic ring is 1. The van der Waals surface area contributed by atoms with E-state index >= 15 is 0 Å². The number of nitrogens with two attached hydrogens (primary N) is 1. The highest BCUT2D eigenvalue weighted by atomic mass is 79.9. The van der Waals surface area contributed by atoms with Crippen molar-refractivity contribution in [1.29, 1.82) is 0 Å². The molecule has 0 unspecified atom stereocenters. The maximum absolute atomic E-state index is 13.2. The van der Waals surface area contributed by atoms with E-state index in [4.69, 9.17) is 5.73 Å². The van der Waals surface area contributed by atoms with Gasteiger partial charge in [-0.15, -0.1) is 11.3 Å². The molecule has 1 amide bonds. The average Bonchev–Trinajstić information content (AvgIpc) is 2.86. The van der Waals surface area contributed by atoms with Crippen LogP contribution in [0.4, 0.5) is 15.8 Å². The molecule has 2 aromatic carbocycles. The number of anilines is 2. The standard InChI is InChI=1S/C15H10BrFN2OS/c16-11-4-3-10(7-12(11)18)19-15(20)14-5-8-1-2-9(17)6-13(8)21-14/h1-7H,18H2,(H,19,20). The van der Waals surface area contributed by atoms with Gasteiger partial charge in [-0.3, -0.25) is 4.79 Å². The molecule has 0 aliphatic heterocycles. The van der Waals surface area contributed by atoms with Gasteiger partial charge in [-0.25, -0.2) is 4.39 Å². The van der Waals surface area contributed by atoms with Crippen LogP contribution in [0.2, 0.25) is 0 Å². The fraction of sp³-hybridized carbons (Fsp3) is 0. The largest absolute Gasteiger partial charge is 0.398 e. The van der Waals surface area contributed by atoms with Crippen molar-refractivity contribution in [2.45, 2.75) is 0 Å². The van der Waals surface area contributed by atoms with Crippen LogP contribution in [-0.2, 0) is 0 Å². The van der Waals surface area contributed by atoms with Gasteiger partial charge in [0.2, 0.25) is 0 Å². The molecule has 0 aliphatic carbocycles. The monoisotopic (exact) mass is 364 g/mol. The Labute approximate surface area is 132 Å². The van der Waals surface area contributed by atoms with Gasteiger partial charge in [0.1, 0.15) is 5.82 Å². The van der Waals surface area contributed by atoms with E-state index in [1.54, 1.807) is 30.3 Å². The van der Waals surface area contributed by atoms with Crippen molar-refractivity contribution in [2.75, 3.05) is 11.1 Å². The van der Waals surface area contributed by atoms with Gasteiger partial charge in [0, 0.05) is 20.5 Å². The molecule has 1 heterocycles. The maximum atomic E-state index is 13.2. The van der Waals surface area contributed by atoms with Gasteiger partial charge in [-0.1, -0.05) is 6.07 Å². The van der Waals surface area contributed by atoms with Gasteiger partial charge in [-0.2, -0.15) is 0 Å². The van der Waals surface area contributed by atoms with Crippen molar-refractivity contribution in [2.24, 2.45) is 0 Å². The van der Waals surface area contributed by atoms with E-state index in [0.29, 0.717) is 16.3 Å². The van der Waals surface area contributed by atoms with Crippen molar-refractivity contribution in [3.8, 4) is 0 Å². The van der Waals surface area contributed by atoms with Gasteiger partial charge >= 0.3 is 0 Å². The van der Waals surface area contributed by atoms with Crippen LogP contribution in [0.1, 0.15) is 9.67 Å². The summed E-state index contributed by atoms with van der Waals surface area (Å²) in [4.78, 5) is 12.7. The van der Waals surface area contributed by atoms with Crippen LogP contribution < -0.4 is 11.1 Å². The second-order valence-corrected chi connectivity index (χ2v) is 6.42. The normalized spacial score (nSPS) is 10.8. The van der Waals surface area contributed by atoms with E-state index in [1.807, 2.05) is 0 Å².